The number of rotatable bonds is 6. The Morgan fingerprint density at radius 2 is 1.60 bits per heavy atom. The van der Waals surface area contributed by atoms with Crippen LogP contribution in [0.3, 0.4) is 0 Å². The SMILES string of the molecule is CCCc1ccc(OCC)cc1CCC. The molecule has 1 heteroatoms. The van der Waals surface area contributed by atoms with Gasteiger partial charge in [-0.3, -0.25) is 0 Å². The quantitative estimate of drug-likeness (QED) is 0.684. The molecule has 0 bridgehead atoms. The average Bonchev–Trinajstić information content (AvgIpc) is 2.23. The minimum Gasteiger partial charge on any atom is -0.494 e. The molecule has 0 heterocycles. The lowest BCUT2D eigenvalue weighted by Gasteiger charge is -2.10. The first-order chi connectivity index (χ1) is 7.31. The largest absolute Gasteiger partial charge is 0.494 e. The lowest BCUT2D eigenvalue weighted by atomic mass is 9.99. The fourth-order valence-electron chi connectivity index (χ4n) is 1.87. The summed E-state index contributed by atoms with van der Waals surface area (Å²) in [5, 5.41) is 0. The molecule has 84 valence electrons. The van der Waals surface area contributed by atoms with Crippen LogP contribution < -0.4 is 4.74 Å². The van der Waals surface area contributed by atoms with Gasteiger partial charge in [0.05, 0.1) is 6.61 Å². The highest BCUT2D eigenvalue weighted by Gasteiger charge is 2.03. The van der Waals surface area contributed by atoms with Crippen molar-refractivity contribution in [1.29, 1.82) is 0 Å². The van der Waals surface area contributed by atoms with Gasteiger partial charge in [-0.05, 0) is 43.0 Å². The molecule has 0 spiro atoms. The summed E-state index contributed by atoms with van der Waals surface area (Å²) in [7, 11) is 0. The van der Waals surface area contributed by atoms with E-state index in [1.54, 1.807) is 0 Å². The Labute approximate surface area is 93.5 Å². The molecule has 0 aliphatic rings. The lowest BCUT2D eigenvalue weighted by Crippen LogP contribution is -1.97. The van der Waals surface area contributed by atoms with Gasteiger partial charge in [0.2, 0.25) is 0 Å². The lowest BCUT2D eigenvalue weighted by molar-refractivity contribution is 0.339. The van der Waals surface area contributed by atoms with Gasteiger partial charge in [0, 0.05) is 0 Å². The van der Waals surface area contributed by atoms with Crippen molar-refractivity contribution in [2.45, 2.75) is 46.5 Å². The minimum atomic E-state index is 0.749. The van der Waals surface area contributed by atoms with Crippen LogP contribution in [0.1, 0.15) is 44.7 Å². The maximum atomic E-state index is 5.53. The summed E-state index contributed by atoms with van der Waals surface area (Å²) in [6.45, 7) is 7.23. The van der Waals surface area contributed by atoms with E-state index in [2.05, 4.69) is 32.0 Å². The highest BCUT2D eigenvalue weighted by atomic mass is 16.5. The third-order valence-electron chi connectivity index (χ3n) is 2.53. The molecule has 1 nitrogen and oxygen atoms in total. The Morgan fingerprint density at radius 3 is 2.20 bits per heavy atom. The second kappa shape index (κ2) is 6.49. The predicted molar refractivity (Wildman–Crippen MR) is 65.6 cm³/mol. The van der Waals surface area contributed by atoms with Crippen LogP contribution in [0.4, 0.5) is 0 Å². The molecule has 0 saturated heterocycles. The van der Waals surface area contributed by atoms with E-state index in [-0.39, 0.29) is 0 Å². The van der Waals surface area contributed by atoms with Crippen molar-refractivity contribution in [2.24, 2.45) is 0 Å². The molecule has 0 aliphatic carbocycles. The van der Waals surface area contributed by atoms with Gasteiger partial charge in [-0.2, -0.15) is 0 Å². The van der Waals surface area contributed by atoms with E-state index in [1.165, 1.54) is 30.4 Å². The van der Waals surface area contributed by atoms with Gasteiger partial charge in [0.25, 0.3) is 0 Å². The minimum absolute atomic E-state index is 0.749. The van der Waals surface area contributed by atoms with Crippen molar-refractivity contribution in [1.82, 2.24) is 0 Å². The zero-order valence-corrected chi connectivity index (χ0v) is 10.2. The second-order valence-electron chi connectivity index (χ2n) is 3.86. The van der Waals surface area contributed by atoms with Crippen LogP contribution in [0, 0.1) is 0 Å². The Morgan fingerprint density at radius 1 is 0.933 bits per heavy atom. The van der Waals surface area contributed by atoms with Crippen molar-refractivity contribution in [3.05, 3.63) is 29.3 Å². The van der Waals surface area contributed by atoms with Crippen molar-refractivity contribution in [3.8, 4) is 5.75 Å². The molecule has 0 radical (unpaired) electrons. The van der Waals surface area contributed by atoms with Gasteiger partial charge in [-0.25, -0.2) is 0 Å². The molecule has 0 amide bonds. The third kappa shape index (κ3) is 3.58. The molecular weight excluding hydrogens is 184 g/mol. The van der Waals surface area contributed by atoms with E-state index in [0.29, 0.717) is 0 Å². The number of aryl methyl sites for hydroxylation is 2. The maximum absolute atomic E-state index is 5.53. The summed E-state index contributed by atoms with van der Waals surface area (Å²) >= 11 is 0. The molecule has 0 N–H and O–H groups in total. The second-order valence-corrected chi connectivity index (χ2v) is 3.86. The highest BCUT2D eigenvalue weighted by Crippen LogP contribution is 2.20. The van der Waals surface area contributed by atoms with Gasteiger partial charge >= 0.3 is 0 Å². The van der Waals surface area contributed by atoms with Crippen molar-refractivity contribution >= 4 is 0 Å². The van der Waals surface area contributed by atoms with Crippen LogP contribution in [0.5, 0.6) is 5.75 Å². The average molecular weight is 206 g/mol. The van der Waals surface area contributed by atoms with Gasteiger partial charge in [-0.15, -0.1) is 0 Å². The monoisotopic (exact) mass is 206 g/mol. The Hall–Kier alpha value is -0.980. The number of hydrogen-bond donors (Lipinski definition) is 0. The van der Waals surface area contributed by atoms with Gasteiger partial charge < -0.3 is 4.74 Å². The summed E-state index contributed by atoms with van der Waals surface area (Å²) in [5.74, 6) is 1.01. The van der Waals surface area contributed by atoms with E-state index in [1.807, 2.05) is 6.92 Å². The summed E-state index contributed by atoms with van der Waals surface area (Å²) in [4.78, 5) is 0. The molecule has 0 aromatic heterocycles. The third-order valence-corrected chi connectivity index (χ3v) is 2.53. The highest BCUT2D eigenvalue weighted by molar-refractivity contribution is 5.36. The number of hydrogen-bond acceptors (Lipinski definition) is 1. The standard InChI is InChI=1S/C14H22O/c1-4-7-12-9-10-14(15-6-3)11-13(12)8-5-2/h9-11H,4-8H2,1-3H3. The first-order valence-electron chi connectivity index (χ1n) is 6.06. The summed E-state index contributed by atoms with van der Waals surface area (Å²) in [6.07, 6.45) is 4.76. The van der Waals surface area contributed by atoms with Crippen LogP contribution in [0.2, 0.25) is 0 Å². The van der Waals surface area contributed by atoms with E-state index in [0.717, 1.165) is 18.8 Å². The molecule has 0 atom stereocenters. The molecule has 0 fully saturated rings. The molecule has 0 aliphatic heterocycles. The zero-order chi connectivity index (χ0) is 11.1. The fraction of sp³-hybridized carbons (Fsp3) is 0.571. The number of benzene rings is 1. The summed E-state index contributed by atoms with van der Waals surface area (Å²) in [6, 6.07) is 6.52. The molecule has 1 aromatic rings. The molecular formula is C14H22O. The number of ether oxygens (including phenoxy) is 1. The summed E-state index contributed by atoms with van der Waals surface area (Å²) in [5.41, 5.74) is 2.95. The Balaban J connectivity index is 2.87. The first-order valence-corrected chi connectivity index (χ1v) is 6.06. The van der Waals surface area contributed by atoms with Crippen LogP contribution in [0.25, 0.3) is 0 Å². The van der Waals surface area contributed by atoms with Crippen LogP contribution in [0.15, 0.2) is 18.2 Å². The van der Waals surface area contributed by atoms with Gasteiger partial charge in [-0.1, -0.05) is 32.8 Å². The van der Waals surface area contributed by atoms with E-state index >= 15 is 0 Å². The smallest absolute Gasteiger partial charge is 0.119 e. The Kier molecular flexibility index (Phi) is 5.23. The molecule has 1 aromatic carbocycles. The first kappa shape index (κ1) is 12.1. The van der Waals surface area contributed by atoms with Crippen molar-refractivity contribution in [2.75, 3.05) is 6.61 Å². The molecule has 1 rings (SSSR count). The van der Waals surface area contributed by atoms with Crippen molar-refractivity contribution in [3.63, 3.8) is 0 Å². The van der Waals surface area contributed by atoms with E-state index in [9.17, 15) is 0 Å². The Bertz CT molecular complexity index is 291. The van der Waals surface area contributed by atoms with Gasteiger partial charge in [0.15, 0.2) is 0 Å². The van der Waals surface area contributed by atoms with Crippen LogP contribution in [-0.4, -0.2) is 6.61 Å². The topological polar surface area (TPSA) is 9.23 Å². The molecule has 0 saturated carbocycles. The maximum Gasteiger partial charge on any atom is 0.119 e. The van der Waals surface area contributed by atoms with E-state index < -0.39 is 0 Å². The van der Waals surface area contributed by atoms with Gasteiger partial charge in [0.1, 0.15) is 5.75 Å². The zero-order valence-electron chi connectivity index (χ0n) is 10.2. The van der Waals surface area contributed by atoms with Crippen LogP contribution in [-0.2, 0) is 12.8 Å². The van der Waals surface area contributed by atoms with Crippen molar-refractivity contribution < 1.29 is 4.74 Å². The molecule has 15 heavy (non-hydrogen) atoms. The van der Waals surface area contributed by atoms with Crippen LogP contribution >= 0.6 is 0 Å². The fourth-order valence-corrected chi connectivity index (χ4v) is 1.87. The predicted octanol–water partition coefficient (Wildman–Crippen LogP) is 3.99. The van der Waals surface area contributed by atoms with E-state index in [4.69, 9.17) is 4.74 Å². The molecule has 0 unspecified atom stereocenters. The summed E-state index contributed by atoms with van der Waals surface area (Å²) < 4.78 is 5.53. The normalized spacial score (nSPS) is 10.3.